The average molecular weight is 307 g/mol. The van der Waals surface area contributed by atoms with Gasteiger partial charge in [-0.1, -0.05) is 30.3 Å². The zero-order valence-electron chi connectivity index (χ0n) is 13.0. The van der Waals surface area contributed by atoms with Crippen molar-refractivity contribution < 1.29 is 14.3 Å². The minimum atomic E-state index is -0.459. The van der Waals surface area contributed by atoms with Gasteiger partial charge in [0.1, 0.15) is 11.5 Å². The van der Waals surface area contributed by atoms with Gasteiger partial charge in [0.05, 0.1) is 14.2 Å². The first-order valence-electron chi connectivity index (χ1n) is 7.19. The molecule has 0 spiro atoms. The zero-order valence-corrected chi connectivity index (χ0v) is 13.0. The van der Waals surface area contributed by atoms with Crippen molar-refractivity contribution in [1.82, 2.24) is 0 Å². The summed E-state index contributed by atoms with van der Waals surface area (Å²) in [6.45, 7) is 0. The van der Waals surface area contributed by atoms with Gasteiger partial charge < -0.3 is 15.2 Å². The molecule has 23 heavy (non-hydrogen) atoms. The highest BCUT2D eigenvalue weighted by Crippen LogP contribution is 2.38. The monoisotopic (exact) mass is 307 g/mol. The Hall–Kier alpha value is -3.01. The molecule has 0 aliphatic rings. The molecule has 0 heterocycles. The van der Waals surface area contributed by atoms with Gasteiger partial charge >= 0.3 is 0 Å². The quantitative estimate of drug-likeness (QED) is 0.800. The number of primary amides is 1. The number of amides is 1. The summed E-state index contributed by atoms with van der Waals surface area (Å²) in [5.74, 6) is 0.981. The van der Waals surface area contributed by atoms with E-state index in [1.807, 2.05) is 42.5 Å². The maximum atomic E-state index is 11.8. The van der Waals surface area contributed by atoms with Crippen LogP contribution >= 0.6 is 0 Å². The molecule has 0 saturated carbocycles. The van der Waals surface area contributed by atoms with E-state index in [9.17, 15) is 4.79 Å². The maximum absolute atomic E-state index is 11.8. The summed E-state index contributed by atoms with van der Waals surface area (Å²) in [4.78, 5) is 11.8. The number of nitrogens with two attached hydrogens (primary N) is 1. The number of carbonyl (C=O) groups is 1. The Morgan fingerprint density at radius 1 is 0.870 bits per heavy atom. The lowest BCUT2D eigenvalue weighted by Gasteiger charge is -2.14. The van der Waals surface area contributed by atoms with E-state index in [1.54, 1.807) is 26.4 Å². The standard InChI is InChI=1S/C19H17NO3/c1-22-12-10-16(13-6-3-4-7-15(13)19(20)21)14-8-5-9-18(23-2)17(14)11-12/h3-11H,1-2H3,(H2,20,21). The highest BCUT2D eigenvalue weighted by molar-refractivity contribution is 6.07. The lowest BCUT2D eigenvalue weighted by molar-refractivity contribution is 0.100. The van der Waals surface area contributed by atoms with Crippen LogP contribution in [0.2, 0.25) is 0 Å². The van der Waals surface area contributed by atoms with Crippen molar-refractivity contribution in [2.45, 2.75) is 0 Å². The van der Waals surface area contributed by atoms with Crippen molar-refractivity contribution in [3.05, 3.63) is 60.2 Å². The van der Waals surface area contributed by atoms with E-state index in [2.05, 4.69) is 0 Å². The third-order valence-corrected chi connectivity index (χ3v) is 3.87. The smallest absolute Gasteiger partial charge is 0.249 e. The molecule has 0 saturated heterocycles. The fourth-order valence-electron chi connectivity index (χ4n) is 2.78. The van der Waals surface area contributed by atoms with Crippen LogP contribution in [0.15, 0.2) is 54.6 Å². The second-order valence-corrected chi connectivity index (χ2v) is 5.14. The Labute approximate surface area is 134 Å². The highest BCUT2D eigenvalue weighted by atomic mass is 16.5. The fourth-order valence-corrected chi connectivity index (χ4v) is 2.78. The Morgan fingerprint density at radius 3 is 2.35 bits per heavy atom. The number of ether oxygens (including phenoxy) is 2. The molecule has 0 fully saturated rings. The van der Waals surface area contributed by atoms with Gasteiger partial charge in [-0.3, -0.25) is 4.79 Å². The predicted molar refractivity (Wildman–Crippen MR) is 91.0 cm³/mol. The van der Waals surface area contributed by atoms with Crippen LogP contribution in [0.5, 0.6) is 11.5 Å². The van der Waals surface area contributed by atoms with Crippen molar-refractivity contribution in [2.75, 3.05) is 14.2 Å². The summed E-state index contributed by atoms with van der Waals surface area (Å²) in [5.41, 5.74) is 7.66. The topological polar surface area (TPSA) is 61.5 Å². The number of benzene rings is 3. The number of carbonyl (C=O) groups excluding carboxylic acids is 1. The minimum Gasteiger partial charge on any atom is -0.497 e. The Morgan fingerprint density at radius 2 is 1.65 bits per heavy atom. The van der Waals surface area contributed by atoms with Gasteiger partial charge in [-0.05, 0) is 40.8 Å². The average Bonchev–Trinajstić information content (AvgIpc) is 2.60. The molecular weight excluding hydrogens is 290 g/mol. The van der Waals surface area contributed by atoms with Crippen LogP contribution in [0.3, 0.4) is 0 Å². The Balaban J connectivity index is 2.40. The molecule has 116 valence electrons. The van der Waals surface area contributed by atoms with Crippen LogP contribution in [0.25, 0.3) is 21.9 Å². The summed E-state index contributed by atoms with van der Waals surface area (Å²) in [7, 11) is 3.24. The van der Waals surface area contributed by atoms with Crippen molar-refractivity contribution in [3.8, 4) is 22.6 Å². The van der Waals surface area contributed by atoms with Crippen LogP contribution in [0, 0.1) is 0 Å². The second kappa shape index (κ2) is 6.01. The summed E-state index contributed by atoms with van der Waals surface area (Å²) < 4.78 is 10.9. The van der Waals surface area contributed by atoms with Crippen LogP contribution < -0.4 is 15.2 Å². The molecule has 1 amide bonds. The molecule has 0 aliphatic heterocycles. The molecule has 0 radical (unpaired) electrons. The highest BCUT2D eigenvalue weighted by Gasteiger charge is 2.15. The number of hydrogen-bond donors (Lipinski definition) is 1. The Bertz CT molecular complexity index is 887. The molecule has 3 rings (SSSR count). The van der Waals surface area contributed by atoms with Crippen LogP contribution in [-0.4, -0.2) is 20.1 Å². The number of hydrogen-bond acceptors (Lipinski definition) is 3. The third kappa shape index (κ3) is 2.59. The Kier molecular flexibility index (Phi) is 3.89. The van der Waals surface area contributed by atoms with E-state index >= 15 is 0 Å². The van der Waals surface area contributed by atoms with Crippen molar-refractivity contribution in [3.63, 3.8) is 0 Å². The van der Waals surface area contributed by atoms with Gasteiger partial charge in [-0.15, -0.1) is 0 Å². The number of fused-ring (bicyclic) bond motifs is 1. The first-order valence-corrected chi connectivity index (χ1v) is 7.19. The molecule has 0 atom stereocenters. The van der Waals surface area contributed by atoms with E-state index in [0.29, 0.717) is 11.3 Å². The lowest BCUT2D eigenvalue weighted by atomic mass is 9.93. The second-order valence-electron chi connectivity index (χ2n) is 5.14. The van der Waals surface area contributed by atoms with Gasteiger partial charge in [0.2, 0.25) is 5.91 Å². The largest absolute Gasteiger partial charge is 0.497 e. The maximum Gasteiger partial charge on any atom is 0.249 e. The first-order chi connectivity index (χ1) is 11.2. The van der Waals surface area contributed by atoms with Crippen LogP contribution in [0.1, 0.15) is 10.4 Å². The van der Waals surface area contributed by atoms with E-state index in [1.165, 1.54) is 0 Å². The zero-order chi connectivity index (χ0) is 16.4. The first kappa shape index (κ1) is 14.9. The predicted octanol–water partition coefficient (Wildman–Crippen LogP) is 3.62. The summed E-state index contributed by atoms with van der Waals surface area (Å²) in [6, 6.07) is 16.9. The van der Waals surface area contributed by atoms with E-state index in [0.717, 1.165) is 27.6 Å². The van der Waals surface area contributed by atoms with Gasteiger partial charge in [0, 0.05) is 10.9 Å². The molecule has 0 unspecified atom stereocenters. The van der Waals surface area contributed by atoms with Crippen molar-refractivity contribution >= 4 is 16.7 Å². The lowest BCUT2D eigenvalue weighted by Crippen LogP contribution is -2.12. The molecule has 2 N–H and O–H groups in total. The third-order valence-electron chi connectivity index (χ3n) is 3.87. The van der Waals surface area contributed by atoms with E-state index in [4.69, 9.17) is 15.2 Å². The van der Waals surface area contributed by atoms with Gasteiger partial charge in [-0.25, -0.2) is 0 Å². The molecule has 0 aliphatic carbocycles. The molecular formula is C19H17NO3. The van der Waals surface area contributed by atoms with E-state index in [-0.39, 0.29) is 0 Å². The molecule has 4 nitrogen and oxygen atoms in total. The number of methoxy groups -OCH3 is 2. The fraction of sp³-hybridized carbons (Fsp3) is 0.105. The number of rotatable bonds is 4. The summed E-state index contributed by atoms with van der Waals surface area (Å²) in [6.07, 6.45) is 0. The summed E-state index contributed by atoms with van der Waals surface area (Å²) >= 11 is 0. The normalized spacial score (nSPS) is 10.5. The van der Waals surface area contributed by atoms with Gasteiger partial charge in [0.25, 0.3) is 0 Å². The van der Waals surface area contributed by atoms with Crippen molar-refractivity contribution in [1.29, 1.82) is 0 Å². The summed E-state index contributed by atoms with van der Waals surface area (Å²) in [5, 5.41) is 1.89. The SMILES string of the molecule is COc1cc(-c2ccccc2C(N)=O)c2cccc(OC)c2c1. The molecule has 0 bridgehead atoms. The van der Waals surface area contributed by atoms with Gasteiger partial charge in [-0.2, -0.15) is 0 Å². The van der Waals surface area contributed by atoms with Crippen LogP contribution in [-0.2, 0) is 0 Å². The van der Waals surface area contributed by atoms with E-state index < -0.39 is 5.91 Å². The van der Waals surface area contributed by atoms with Crippen molar-refractivity contribution in [2.24, 2.45) is 5.73 Å². The van der Waals surface area contributed by atoms with Gasteiger partial charge in [0.15, 0.2) is 0 Å². The molecule has 3 aromatic carbocycles. The molecule has 3 aromatic rings. The minimum absolute atomic E-state index is 0.459. The molecule has 0 aromatic heterocycles. The van der Waals surface area contributed by atoms with Crippen LogP contribution in [0.4, 0.5) is 0 Å². The molecule has 4 heteroatoms.